The van der Waals surface area contributed by atoms with Gasteiger partial charge in [-0.25, -0.2) is 0 Å². The maximum Gasteiger partial charge on any atom is 0.318 e. The zero-order chi connectivity index (χ0) is 11.3. The number of hydrogen-bond donors (Lipinski definition) is 1. The maximum atomic E-state index is 11.2. The third kappa shape index (κ3) is 3.09. The van der Waals surface area contributed by atoms with E-state index in [-0.39, 0.29) is 18.3 Å². The number of halogens is 1. The summed E-state index contributed by atoms with van der Waals surface area (Å²) in [6.07, 6.45) is 0. The highest BCUT2D eigenvalue weighted by molar-refractivity contribution is 6.16. The molecule has 0 fully saturated rings. The van der Waals surface area contributed by atoms with E-state index in [0.29, 0.717) is 18.5 Å². The fourth-order valence-corrected chi connectivity index (χ4v) is 1.10. The molecule has 15 heavy (non-hydrogen) atoms. The van der Waals surface area contributed by atoms with E-state index in [1.54, 1.807) is 11.9 Å². The van der Waals surface area contributed by atoms with E-state index < -0.39 is 0 Å². The molecule has 0 atom stereocenters. The molecular weight excluding hydrogens is 220 g/mol. The van der Waals surface area contributed by atoms with Gasteiger partial charge in [0.2, 0.25) is 11.8 Å². The Bertz CT molecular complexity index is 328. The molecule has 0 spiro atoms. The van der Waals surface area contributed by atoms with Crippen LogP contribution in [0.4, 0.5) is 6.01 Å². The van der Waals surface area contributed by atoms with Crippen molar-refractivity contribution in [2.45, 2.75) is 12.8 Å². The summed E-state index contributed by atoms with van der Waals surface area (Å²) in [4.78, 5) is 12.8. The molecule has 0 aliphatic rings. The number of aromatic nitrogens is 2. The molecule has 7 heteroatoms. The zero-order valence-corrected chi connectivity index (χ0v) is 9.41. The van der Waals surface area contributed by atoms with Gasteiger partial charge in [0.1, 0.15) is 12.4 Å². The van der Waals surface area contributed by atoms with E-state index in [0.717, 1.165) is 0 Å². The van der Waals surface area contributed by atoms with Crippen LogP contribution in [-0.2, 0) is 10.7 Å². The molecule has 0 unspecified atom stereocenters. The van der Waals surface area contributed by atoms with Crippen molar-refractivity contribution >= 4 is 23.5 Å². The number of amides is 1. The molecule has 0 aliphatic heterocycles. The Hall–Kier alpha value is -1.30. The molecule has 1 rings (SSSR count). The van der Waals surface area contributed by atoms with Crippen LogP contribution in [-0.4, -0.2) is 36.2 Å². The third-order valence-electron chi connectivity index (χ3n) is 1.84. The van der Waals surface area contributed by atoms with Crippen LogP contribution >= 0.6 is 11.6 Å². The number of carbonyl (C=O) groups is 1. The van der Waals surface area contributed by atoms with Gasteiger partial charge in [-0.15, -0.1) is 16.7 Å². The fraction of sp³-hybridized carbons (Fsp3) is 0.625. The molecule has 0 aromatic carbocycles. The number of nitrogens with one attached hydrogen (secondary N) is 1. The van der Waals surface area contributed by atoms with Gasteiger partial charge in [-0.2, -0.15) is 0 Å². The smallest absolute Gasteiger partial charge is 0.318 e. The highest BCUT2D eigenvalue weighted by atomic mass is 35.5. The van der Waals surface area contributed by atoms with Crippen LogP contribution in [0.15, 0.2) is 4.42 Å². The second-order valence-corrected chi connectivity index (χ2v) is 3.07. The summed E-state index contributed by atoms with van der Waals surface area (Å²) in [6.45, 7) is 2.70. The molecule has 0 radical (unpaired) electrons. The minimum atomic E-state index is -0.109. The van der Waals surface area contributed by atoms with Crippen molar-refractivity contribution < 1.29 is 9.21 Å². The molecule has 0 aliphatic carbocycles. The van der Waals surface area contributed by atoms with Gasteiger partial charge in [-0.05, 0) is 6.92 Å². The first-order valence-electron chi connectivity index (χ1n) is 4.55. The summed E-state index contributed by atoms with van der Waals surface area (Å²) < 4.78 is 5.22. The Morgan fingerprint density at radius 2 is 2.33 bits per heavy atom. The van der Waals surface area contributed by atoms with E-state index >= 15 is 0 Å². The van der Waals surface area contributed by atoms with Crippen molar-refractivity contribution in [1.29, 1.82) is 0 Å². The first-order chi connectivity index (χ1) is 7.21. The predicted octanol–water partition coefficient (Wildman–Crippen LogP) is 0.381. The third-order valence-corrected chi connectivity index (χ3v) is 2.06. The SMILES string of the molecule is CCN(CC(=O)NC)c1nnc(CCl)o1. The summed E-state index contributed by atoms with van der Waals surface area (Å²) >= 11 is 5.53. The van der Waals surface area contributed by atoms with Crippen LogP contribution in [0.2, 0.25) is 0 Å². The molecule has 0 saturated heterocycles. The molecular formula is C8H13ClN4O2. The quantitative estimate of drug-likeness (QED) is 0.744. The van der Waals surface area contributed by atoms with E-state index in [1.807, 2.05) is 6.92 Å². The van der Waals surface area contributed by atoms with Gasteiger partial charge >= 0.3 is 6.01 Å². The summed E-state index contributed by atoms with van der Waals surface area (Å²) in [5, 5.41) is 10.0. The summed E-state index contributed by atoms with van der Waals surface area (Å²) in [7, 11) is 1.58. The molecule has 1 aromatic rings. The number of carbonyl (C=O) groups excluding carboxylic acids is 1. The molecule has 0 bridgehead atoms. The molecule has 84 valence electrons. The van der Waals surface area contributed by atoms with Gasteiger partial charge in [-0.1, -0.05) is 5.10 Å². The Labute approximate surface area is 92.6 Å². The standard InChI is InChI=1S/C8H13ClN4O2/c1-3-13(5-6(14)10-2)8-12-11-7(4-9)15-8/h3-5H2,1-2H3,(H,10,14). The van der Waals surface area contributed by atoms with E-state index in [4.69, 9.17) is 16.0 Å². The van der Waals surface area contributed by atoms with Crippen LogP contribution < -0.4 is 10.2 Å². The van der Waals surface area contributed by atoms with E-state index in [9.17, 15) is 4.79 Å². The lowest BCUT2D eigenvalue weighted by Crippen LogP contribution is -2.35. The maximum absolute atomic E-state index is 11.2. The first-order valence-corrected chi connectivity index (χ1v) is 5.08. The number of anilines is 1. The lowest BCUT2D eigenvalue weighted by Gasteiger charge is -2.16. The van der Waals surface area contributed by atoms with Crippen molar-refractivity contribution in [2.24, 2.45) is 0 Å². The number of nitrogens with zero attached hydrogens (tertiary/aromatic N) is 3. The van der Waals surface area contributed by atoms with Crippen molar-refractivity contribution in [2.75, 3.05) is 25.0 Å². The van der Waals surface area contributed by atoms with Crippen molar-refractivity contribution in [3.05, 3.63) is 5.89 Å². The van der Waals surface area contributed by atoms with Gasteiger partial charge in [0.05, 0.1) is 0 Å². The van der Waals surface area contributed by atoms with E-state index in [2.05, 4.69) is 15.5 Å². The molecule has 6 nitrogen and oxygen atoms in total. The summed E-state index contributed by atoms with van der Waals surface area (Å²) in [6, 6.07) is 0.316. The minimum Gasteiger partial charge on any atom is -0.407 e. The molecule has 1 aromatic heterocycles. The fourth-order valence-electron chi connectivity index (χ4n) is 0.994. The number of likely N-dealkylation sites (N-methyl/N-ethyl adjacent to an activating group) is 2. The van der Waals surface area contributed by atoms with E-state index in [1.165, 1.54) is 0 Å². The van der Waals surface area contributed by atoms with Gasteiger partial charge in [-0.3, -0.25) is 4.79 Å². The topological polar surface area (TPSA) is 71.3 Å². The van der Waals surface area contributed by atoms with Gasteiger partial charge in [0.15, 0.2) is 0 Å². The van der Waals surface area contributed by atoms with Gasteiger partial charge < -0.3 is 14.6 Å². The monoisotopic (exact) mass is 232 g/mol. The number of alkyl halides is 1. The largest absolute Gasteiger partial charge is 0.407 e. The van der Waals surface area contributed by atoms with Crippen LogP contribution in [0.25, 0.3) is 0 Å². The van der Waals surface area contributed by atoms with Crippen LogP contribution in [0.1, 0.15) is 12.8 Å². The number of hydrogen-bond acceptors (Lipinski definition) is 5. The van der Waals surface area contributed by atoms with Crippen LogP contribution in [0.3, 0.4) is 0 Å². The normalized spacial score (nSPS) is 10.1. The van der Waals surface area contributed by atoms with Crippen LogP contribution in [0.5, 0.6) is 0 Å². The highest BCUT2D eigenvalue weighted by Crippen LogP contribution is 2.12. The molecule has 0 saturated carbocycles. The zero-order valence-electron chi connectivity index (χ0n) is 8.66. The van der Waals surface area contributed by atoms with Crippen molar-refractivity contribution in [1.82, 2.24) is 15.5 Å². The Morgan fingerprint density at radius 3 is 2.80 bits per heavy atom. The Morgan fingerprint density at radius 1 is 1.60 bits per heavy atom. The molecule has 1 N–H and O–H groups in total. The lowest BCUT2D eigenvalue weighted by molar-refractivity contribution is -0.119. The average molecular weight is 233 g/mol. The molecule has 1 heterocycles. The summed E-state index contributed by atoms with van der Waals surface area (Å²) in [5.41, 5.74) is 0. The second-order valence-electron chi connectivity index (χ2n) is 2.80. The Kier molecular flexibility index (Phi) is 4.36. The van der Waals surface area contributed by atoms with Crippen molar-refractivity contribution in [3.63, 3.8) is 0 Å². The van der Waals surface area contributed by atoms with Gasteiger partial charge in [0.25, 0.3) is 0 Å². The Balaban J connectivity index is 2.69. The van der Waals surface area contributed by atoms with Crippen molar-refractivity contribution in [3.8, 4) is 0 Å². The lowest BCUT2D eigenvalue weighted by atomic mass is 10.5. The summed E-state index contributed by atoms with van der Waals surface area (Å²) in [5.74, 6) is 0.411. The van der Waals surface area contributed by atoms with Gasteiger partial charge in [0, 0.05) is 13.6 Å². The number of rotatable bonds is 5. The minimum absolute atomic E-state index is 0.109. The second kappa shape index (κ2) is 5.55. The average Bonchev–Trinajstić information content (AvgIpc) is 2.73. The highest BCUT2D eigenvalue weighted by Gasteiger charge is 2.14. The predicted molar refractivity (Wildman–Crippen MR) is 55.8 cm³/mol. The first kappa shape index (κ1) is 11.8. The van der Waals surface area contributed by atoms with Crippen LogP contribution in [0, 0.1) is 0 Å². The molecule has 1 amide bonds.